The van der Waals surface area contributed by atoms with E-state index in [0.717, 1.165) is 13.1 Å². The Morgan fingerprint density at radius 3 is 2.24 bits per heavy atom. The number of aryl methyl sites for hydroxylation is 1. The summed E-state index contributed by atoms with van der Waals surface area (Å²) in [4.78, 5) is 38.0. The third-order valence-corrected chi connectivity index (χ3v) is 5.26. The fraction of sp³-hybridized carbons (Fsp3) is 0.500. The Morgan fingerprint density at radius 1 is 1.03 bits per heavy atom. The predicted octanol–water partition coefficient (Wildman–Crippen LogP) is 2.73. The molecule has 7 nitrogen and oxygen atoms in total. The number of anilines is 1. The lowest BCUT2D eigenvalue weighted by molar-refractivity contribution is -0.142. The monoisotopic (exact) mass is 398 g/mol. The van der Waals surface area contributed by atoms with Crippen molar-refractivity contribution < 1.29 is 14.4 Å². The number of benzene rings is 1. The minimum Gasteiger partial charge on any atom is -0.368 e. The number of hydrogen-bond acceptors (Lipinski definition) is 5. The maximum Gasteiger partial charge on any atom is 0.329 e. The van der Waals surface area contributed by atoms with Crippen molar-refractivity contribution in [2.24, 2.45) is 0 Å². The Balaban J connectivity index is 1.74. The normalized spacial score (nSPS) is 14.8. The average Bonchev–Trinajstić information content (AvgIpc) is 2.95. The van der Waals surface area contributed by atoms with E-state index in [2.05, 4.69) is 54.9 Å². The van der Waals surface area contributed by atoms with E-state index < -0.39 is 5.97 Å². The molecule has 0 N–H and O–H groups in total. The van der Waals surface area contributed by atoms with Crippen LogP contribution in [0, 0.1) is 13.8 Å². The Labute approximate surface area is 172 Å². The topological polar surface area (TPSA) is 67.7 Å². The second-order valence-corrected chi connectivity index (χ2v) is 8.52. The number of para-hydroxylation sites is 1. The van der Waals surface area contributed by atoms with Gasteiger partial charge in [-0.15, -0.1) is 0 Å². The zero-order valence-electron chi connectivity index (χ0n) is 18.2. The van der Waals surface area contributed by atoms with Crippen molar-refractivity contribution in [2.75, 3.05) is 31.1 Å². The molecular formula is C22H30N4O3. The first-order valence-corrected chi connectivity index (χ1v) is 9.98. The van der Waals surface area contributed by atoms with Crippen molar-refractivity contribution in [3.8, 4) is 0 Å². The third-order valence-electron chi connectivity index (χ3n) is 5.26. The van der Waals surface area contributed by atoms with Gasteiger partial charge in [-0.3, -0.25) is 4.79 Å². The molecule has 0 aliphatic carbocycles. The lowest BCUT2D eigenvalue weighted by atomic mass is 9.85. The van der Waals surface area contributed by atoms with Gasteiger partial charge in [-0.2, -0.15) is 4.73 Å². The molecule has 2 heterocycles. The van der Waals surface area contributed by atoms with E-state index in [4.69, 9.17) is 4.84 Å². The first-order chi connectivity index (χ1) is 13.6. The van der Waals surface area contributed by atoms with E-state index in [1.165, 1.54) is 22.9 Å². The molecule has 1 amide bonds. The second kappa shape index (κ2) is 7.89. The van der Waals surface area contributed by atoms with Gasteiger partial charge in [-0.25, -0.2) is 9.78 Å². The molecule has 156 valence electrons. The largest absolute Gasteiger partial charge is 0.368 e. The Kier molecular flexibility index (Phi) is 5.68. The van der Waals surface area contributed by atoms with Crippen LogP contribution in [-0.2, 0) is 10.2 Å². The minimum absolute atomic E-state index is 0.0573. The molecule has 3 rings (SSSR count). The Hall–Kier alpha value is -2.83. The number of hydrogen-bond donors (Lipinski definition) is 0. The van der Waals surface area contributed by atoms with E-state index in [-0.39, 0.29) is 11.3 Å². The fourth-order valence-electron chi connectivity index (χ4n) is 3.78. The van der Waals surface area contributed by atoms with E-state index in [0.29, 0.717) is 30.3 Å². The van der Waals surface area contributed by atoms with Crippen LogP contribution in [-0.4, -0.2) is 52.7 Å². The predicted molar refractivity (Wildman–Crippen MR) is 112 cm³/mol. The van der Waals surface area contributed by atoms with Crippen molar-refractivity contribution in [2.45, 2.75) is 47.0 Å². The summed E-state index contributed by atoms with van der Waals surface area (Å²) in [6.07, 6.45) is 0. The lowest BCUT2D eigenvalue weighted by Gasteiger charge is -2.38. The lowest BCUT2D eigenvalue weighted by Crippen LogP contribution is -2.49. The molecule has 0 atom stereocenters. The van der Waals surface area contributed by atoms with Gasteiger partial charge in [0.2, 0.25) is 0 Å². The van der Waals surface area contributed by atoms with Crippen LogP contribution in [0.3, 0.4) is 0 Å². The van der Waals surface area contributed by atoms with E-state index >= 15 is 0 Å². The Bertz CT molecular complexity index is 919. The van der Waals surface area contributed by atoms with Crippen LogP contribution >= 0.6 is 0 Å². The molecule has 29 heavy (non-hydrogen) atoms. The number of rotatable bonds is 3. The summed E-state index contributed by atoms with van der Waals surface area (Å²) in [7, 11) is 0. The van der Waals surface area contributed by atoms with Crippen molar-refractivity contribution >= 4 is 17.6 Å². The van der Waals surface area contributed by atoms with E-state index in [9.17, 15) is 9.59 Å². The summed E-state index contributed by atoms with van der Waals surface area (Å²) in [5, 5.41) is 0. The molecule has 1 aromatic heterocycles. The highest BCUT2D eigenvalue weighted by molar-refractivity contribution is 5.93. The highest BCUT2D eigenvalue weighted by Crippen LogP contribution is 2.32. The van der Waals surface area contributed by atoms with Crippen LogP contribution in [0.25, 0.3) is 0 Å². The van der Waals surface area contributed by atoms with Gasteiger partial charge in [0.15, 0.2) is 5.69 Å². The smallest absolute Gasteiger partial charge is 0.329 e. The van der Waals surface area contributed by atoms with Crippen LogP contribution in [0.2, 0.25) is 0 Å². The van der Waals surface area contributed by atoms with E-state index in [1.54, 1.807) is 13.8 Å². The summed E-state index contributed by atoms with van der Waals surface area (Å²) in [6, 6.07) is 8.48. The molecule has 0 saturated carbocycles. The average molecular weight is 399 g/mol. The van der Waals surface area contributed by atoms with Crippen LogP contribution in [0.1, 0.15) is 55.3 Å². The maximum atomic E-state index is 13.0. The number of imidazole rings is 1. The molecule has 1 saturated heterocycles. The van der Waals surface area contributed by atoms with Gasteiger partial charge in [-0.05, 0) is 30.9 Å². The van der Waals surface area contributed by atoms with Gasteiger partial charge >= 0.3 is 5.97 Å². The van der Waals surface area contributed by atoms with Gasteiger partial charge in [-0.1, -0.05) is 39.0 Å². The van der Waals surface area contributed by atoms with Crippen molar-refractivity contribution in [3.05, 3.63) is 47.0 Å². The van der Waals surface area contributed by atoms with Crippen LogP contribution in [0.5, 0.6) is 0 Å². The fourth-order valence-corrected chi connectivity index (χ4v) is 3.78. The first kappa shape index (κ1) is 20.9. The molecule has 1 fully saturated rings. The number of aromatic nitrogens is 2. The van der Waals surface area contributed by atoms with Gasteiger partial charge in [0.25, 0.3) is 5.91 Å². The molecule has 1 aliphatic heterocycles. The van der Waals surface area contributed by atoms with Crippen LogP contribution in [0.4, 0.5) is 5.69 Å². The van der Waals surface area contributed by atoms with Gasteiger partial charge < -0.3 is 14.6 Å². The summed E-state index contributed by atoms with van der Waals surface area (Å²) in [5.74, 6) is -0.0854. The summed E-state index contributed by atoms with van der Waals surface area (Å²) in [5.41, 5.74) is 3.49. The molecular weight excluding hydrogens is 368 g/mol. The summed E-state index contributed by atoms with van der Waals surface area (Å²) >= 11 is 0. The van der Waals surface area contributed by atoms with Crippen LogP contribution in [0.15, 0.2) is 24.3 Å². The number of amides is 1. The van der Waals surface area contributed by atoms with Gasteiger partial charge in [0.1, 0.15) is 5.82 Å². The number of piperazine rings is 1. The van der Waals surface area contributed by atoms with Crippen LogP contribution < -0.4 is 9.74 Å². The first-order valence-electron chi connectivity index (χ1n) is 9.98. The Morgan fingerprint density at radius 2 is 1.66 bits per heavy atom. The standard InChI is InChI=1S/C22H30N4O3/c1-15-20(23-16(2)26(15)29-17(3)27)21(28)25-13-11-24(12-14-25)19-10-8-7-9-18(19)22(4,5)6/h7-10H,11-14H2,1-6H3. The highest BCUT2D eigenvalue weighted by Gasteiger charge is 2.29. The maximum absolute atomic E-state index is 13.0. The number of carbonyl (C=O) groups excluding carboxylic acids is 2. The molecule has 7 heteroatoms. The van der Waals surface area contributed by atoms with Crippen molar-refractivity contribution in [3.63, 3.8) is 0 Å². The minimum atomic E-state index is -0.446. The third kappa shape index (κ3) is 4.28. The zero-order valence-corrected chi connectivity index (χ0v) is 18.2. The van der Waals surface area contributed by atoms with Gasteiger partial charge in [0, 0.05) is 38.8 Å². The molecule has 1 aromatic carbocycles. The quantitative estimate of drug-likeness (QED) is 0.795. The summed E-state index contributed by atoms with van der Waals surface area (Å²) < 4.78 is 1.32. The molecule has 1 aliphatic rings. The van der Waals surface area contributed by atoms with E-state index in [1.807, 2.05) is 4.90 Å². The molecule has 2 aromatic rings. The summed E-state index contributed by atoms with van der Waals surface area (Å²) in [6.45, 7) is 14.2. The molecule has 0 radical (unpaired) electrons. The number of nitrogens with zero attached hydrogens (tertiary/aromatic N) is 4. The molecule has 0 bridgehead atoms. The zero-order chi connectivity index (χ0) is 21.3. The van der Waals surface area contributed by atoms with Crippen molar-refractivity contribution in [1.29, 1.82) is 0 Å². The molecule has 0 unspecified atom stereocenters. The molecule has 0 spiro atoms. The van der Waals surface area contributed by atoms with Gasteiger partial charge in [0.05, 0.1) is 5.69 Å². The number of carbonyl (C=O) groups is 2. The SMILES string of the molecule is CC(=O)On1c(C)nc(C(=O)N2CCN(c3ccccc3C(C)(C)C)CC2)c1C. The highest BCUT2D eigenvalue weighted by atomic mass is 16.7. The van der Waals surface area contributed by atoms with Crippen molar-refractivity contribution in [1.82, 2.24) is 14.6 Å². The second-order valence-electron chi connectivity index (χ2n) is 8.52.